The van der Waals surface area contributed by atoms with Crippen LogP contribution in [0, 0.1) is 20.8 Å². The van der Waals surface area contributed by atoms with Crippen LogP contribution in [0.1, 0.15) is 35.1 Å². The lowest BCUT2D eigenvalue weighted by molar-refractivity contribution is -0.227. The number of piperidine rings is 1. The van der Waals surface area contributed by atoms with Crippen LogP contribution in [-0.2, 0) is 20.8 Å². The van der Waals surface area contributed by atoms with Crippen molar-refractivity contribution in [2.75, 3.05) is 20.2 Å². The summed E-state index contributed by atoms with van der Waals surface area (Å²) >= 11 is 0. The maximum Gasteiger partial charge on any atom is 0.332 e. The van der Waals surface area contributed by atoms with Crippen LogP contribution < -0.4 is 0 Å². The monoisotopic (exact) mass is 350 g/mol. The summed E-state index contributed by atoms with van der Waals surface area (Å²) in [5, 5.41) is 22.2. The van der Waals surface area contributed by atoms with E-state index in [2.05, 4.69) is 0 Å². The Bertz CT molecular complexity index is 642. The number of aliphatic carboxylic acids is 1. The molecule has 25 heavy (non-hydrogen) atoms. The Labute approximate surface area is 147 Å². The molecule has 138 valence electrons. The smallest absolute Gasteiger partial charge is 0.332 e. The Balaban J connectivity index is 2.21. The van der Waals surface area contributed by atoms with E-state index in [1.165, 1.54) is 7.11 Å². The fourth-order valence-corrected chi connectivity index (χ4v) is 3.51. The molecule has 1 amide bonds. The van der Waals surface area contributed by atoms with E-state index >= 15 is 0 Å². The van der Waals surface area contributed by atoms with Gasteiger partial charge in [-0.25, -0.2) is 9.86 Å². The van der Waals surface area contributed by atoms with Crippen LogP contribution >= 0.6 is 0 Å². The van der Waals surface area contributed by atoms with Gasteiger partial charge in [-0.2, -0.15) is 5.06 Å². The molecule has 2 N–H and O–H groups in total. The molecule has 0 unspecified atom stereocenters. The predicted molar refractivity (Wildman–Crippen MR) is 91.2 cm³/mol. The fraction of sp³-hybridized carbons (Fsp3) is 0.556. The lowest BCUT2D eigenvalue weighted by atomic mass is 9.87. The van der Waals surface area contributed by atoms with Crippen LogP contribution in [0.25, 0.3) is 0 Å². The number of amides is 1. The van der Waals surface area contributed by atoms with Gasteiger partial charge in [0.15, 0.2) is 5.54 Å². The average Bonchev–Trinajstić information content (AvgIpc) is 2.57. The van der Waals surface area contributed by atoms with Gasteiger partial charge in [0, 0.05) is 13.1 Å². The number of hydroxylamine groups is 4. The van der Waals surface area contributed by atoms with Crippen molar-refractivity contribution < 1.29 is 24.7 Å². The third-order valence-electron chi connectivity index (χ3n) is 5.02. The SMILES string of the molecule is CON1CCC(C(=O)O)(N(O)C(=O)Cc2c(C)cc(C)cc2C)CC1. The van der Waals surface area contributed by atoms with Crippen molar-refractivity contribution in [2.45, 2.75) is 45.6 Å². The van der Waals surface area contributed by atoms with Gasteiger partial charge < -0.3 is 9.94 Å². The van der Waals surface area contributed by atoms with Crippen molar-refractivity contribution in [3.8, 4) is 0 Å². The predicted octanol–water partition coefficient (Wildman–Crippen LogP) is 1.85. The summed E-state index contributed by atoms with van der Waals surface area (Å²) in [6, 6.07) is 3.95. The number of carbonyl (C=O) groups excluding carboxylic acids is 1. The van der Waals surface area contributed by atoms with Gasteiger partial charge in [-0.05, 0) is 50.3 Å². The number of carbonyl (C=O) groups is 2. The van der Waals surface area contributed by atoms with Gasteiger partial charge in [-0.15, -0.1) is 0 Å². The first-order chi connectivity index (χ1) is 11.7. The van der Waals surface area contributed by atoms with E-state index < -0.39 is 17.4 Å². The zero-order valence-electron chi connectivity index (χ0n) is 15.2. The second-order valence-electron chi connectivity index (χ2n) is 6.71. The van der Waals surface area contributed by atoms with Crippen molar-refractivity contribution in [3.05, 3.63) is 34.4 Å². The van der Waals surface area contributed by atoms with Gasteiger partial charge in [-0.3, -0.25) is 10.0 Å². The van der Waals surface area contributed by atoms with Crippen molar-refractivity contribution >= 4 is 11.9 Å². The maximum absolute atomic E-state index is 12.6. The van der Waals surface area contributed by atoms with Gasteiger partial charge in [0.2, 0.25) is 0 Å². The molecule has 0 spiro atoms. The number of hydrogen-bond donors (Lipinski definition) is 2. The molecule has 0 saturated carbocycles. The van der Waals surface area contributed by atoms with E-state index in [9.17, 15) is 19.9 Å². The van der Waals surface area contributed by atoms with Gasteiger partial charge in [0.1, 0.15) is 0 Å². The minimum absolute atomic E-state index is 0.0303. The van der Waals surface area contributed by atoms with Gasteiger partial charge in [-0.1, -0.05) is 17.7 Å². The number of carboxylic acids is 1. The Kier molecular flexibility index (Phi) is 5.82. The summed E-state index contributed by atoms with van der Waals surface area (Å²) in [5.41, 5.74) is 2.22. The summed E-state index contributed by atoms with van der Waals surface area (Å²) in [6.45, 7) is 6.46. The molecule has 1 fully saturated rings. The molecule has 7 nitrogen and oxygen atoms in total. The Morgan fingerprint density at radius 3 is 2.16 bits per heavy atom. The number of rotatable bonds is 5. The zero-order valence-corrected chi connectivity index (χ0v) is 15.2. The number of carboxylic acid groups (broad SMARTS) is 1. The second-order valence-corrected chi connectivity index (χ2v) is 6.71. The molecule has 1 aliphatic heterocycles. The summed E-state index contributed by atoms with van der Waals surface area (Å²) in [7, 11) is 1.51. The van der Waals surface area contributed by atoms with E-state index in [1.54, 1.807) is 5.06 Å². The van der Waals surface area contributed by atoms with Crippen LogP contribution in [0.4, 0.5) is 0 Å². The molecule has 7 heteroatoms. The van der Waals surface area contributed by atoms with Crippen LogP contribution in [0.5, 0.6) is 0 Å². The quantitative estimate of drug-likeness (QED) is 0.622. The Morgan fingerprint density at radius 1 is 1.20 bits per heavy atom. The molecule has 0 atom stereocenters. The fourth-order valence-electron chi connectivity index (χ4n) is 3.51. The lowest BCUT2D eigenvalue weighted by Crippen LogP contribution is -2.60. The van der Waals surface area contributed by atoms with Gasteiger partial charge in [0.05, 0.1) is 13.5 Å². The molecule has 0 aromatic heterocycles. The van der Waals surface area contributed by atoms with Crippen LogP contribution in [-0.4, -0.2) is 58.1 Å². The maximum atomic E-state index is 12.6. The first-order valence-corrected chi connectivity index (χ1v) is 8.32. The third kappa shape index (κ3) is 3.84. The summed E-state index contributed by atoms with van der Waals surface area (Å²) in [4.78, 5) is 29.6. The van der Waals surface area contributed by atoms with Crippen molar-refractivity contribution in [1.82, 2.24) is 10.1 Å². The molecule has 1 aromatic carbocycles. The number of nitrogens with zero attached hydrogens (tertiary/aromatic N) is 2. The normalized spacial score (nSPS) is 17.3. The summed E-state index contributed by atoms with van der Waals surface area (Å²) in [6.07, 6.45) is 0.173. The van der Waals surface area contributed by atoms with Crippen molar-refractivity contribution in [1.29, 1.82) is 0 Å². The molecular weight excluding hydrogens is 324 g/mol. The van der Waals surface area contributed by atoms with E-state index in [0.717, 1.165) is 22.3 Å². The topological polar surface area (TPSA) is 90.3 Å². The number of benzene rings is 1. The van der Waals surface area contributed by atoms with Gasteiger partial charge in [0.25, 0.3) is 5.91 Å². The molecule has 2 rings (SSSR count). The largest absolute Gasteiger partial charge is 0.479 e. The van der Waals surface area contributed by atoms with Crippen LogP contribution in [0.3, 0.4) is 0 Å². The summed E-state index contributed by atoms with van der Waals surface area (Å²) < 4.78 is 0. The average molecular weight is 350 g/mol. The highest BCUT2D eigenvalue weighted by Crippen LogP contribution is 2.29. The van der Waals surface area contributed by atoms with E-state index in [0.29, 0.717) is 18.2 Å². The second kappa shape index (κ2) is 7.51. The number of aryl methyl sites for hydroxylation is 3. The standard InChI is InChI=1S/C18H26N2O5/c1-12-9-13(2)15(14(3)10-12)11-16(21)20(24)18(17(22)23)5-7-19(25-4)8-6-18/h9-10,24H,5-8,11H2,1-4H3,(H,22,23). The first-order valence-electron chi connectivity index (χ1n) is 8.32. The molecule has 1 aliphatic rings. The Morgan fingerprint density at radius 2 is 1.72 bits per heavy atom. The van der Waals surface area contributed by atoms with Crippen LogP contribution in [0.15, 0.2) is 12.1 Å². The highest BCUT2D eigenvalue weighted by atomic mass is 16.7. The summed E-state index contributed by atoms with van der Waals surface area (Å²) in [5.74, 6) is -1.81. The highest BCUT2D eigenvalue weighted by Gasteiger charge is 2.49. The molecule has 0 bridgehead atoms. The molecule has 0 aliphatic carbocycles. The minimum Gasteiger partial charge on any atom is -0.479 e. The lowest BCUT2D eigenvalue weighted by Gasteiger charge is -2.41. The van der Waals surface area contributed by atoms with Gasteiger partial charge >= 0.3 is 5.97 Å². The Hall–Kier alpha value is -1.96. The van der Waals surface area contributed by atoms with Crippen molar-refractivity contribution in [2.24, 2.45) is 0 Å². The number of hydrogen-bond acceptors (Lipinski definition) is 5. The minimum atomic E-state index is -1.61. The third-order valence-corrected chi connectivity index (χ3v) is 5.02. The van der Waals surface area contributed by atoms with E-state index in [1.807, 2.05) is 32.9 Å². The van der Waals surface area contributed by atoms with Crippen LogP contribution in [0.2, 0.25) is 0 Å². The van der Waals surface area contributed by atoms with Crippen molar-refractivity contribution in [3.63, 3.8) is 0 Å². The zero-order chi connectivity index (χ0) is 18.8. The van der Waals surface area contributed by atoms with E-state index in [-0.39, 0.29) is 19.3 Å². The molecule has 1 heterocycles. The first kappa shape index (κ1) is 19.4. The molecular formula is C18H26N2O5. The molecule has 1 saturated heterocycles. The van der Waals surface area contributed by atoms with E-state index in [4.69, 9.17) is 4.84 Å². The molecule has 0 radical (unpaired) electrons. The molecule has 1 aromatic rings. The highest BCUT2D eigenvalue weighted by molar-refractivity contribution is 5.87.